The van der Waals surface area contributed by atoms with E-state index >= 15 is 0 Å². The Labute approximate surface area is 113 Å². The van der Waals surface area contributed by atoms with Gasteiger partial charge in [0.15, 0.2) is 0 Å². The predicted molar refractivity (Wildman–Crippen MR) is 81.2 cm³/mol. The lowest BCUT2D eigenvalue weighted by molar-refractivity contribution is 0.535. The van der Waals surface area contributed by atoms with E-state index in [-0.39, 0.29) is 0 Å². The summed E-state index contributed by atoms with van der Waals surface area (Å²) in [4.78, 5) is 0. The minimum absolute atomic E-state index is 0.638. The molecule has 1 aromatic carbocycles. The summed E-state index contributed by atoms with van der Waals surface area (Å²) in [5.74, 6) is 1.40. The minimum atomic E-state index is 0.638. The molecular weight excluding hydrogens is 218 g/mol. The zero-order valence-corrected chi connectivity index (χ0v) is 12.5. The molecule has 0 aliphatic heterocycles. The van der Waals surface area contributed by atoms with E-state index in [9.17, 15) is 0 Å². The van der Waals surface area contributed by atoms with E-state index in [0.29, 0.717) is 5.92 Å². The second-order valence-electron chi connectivity index (χ2n) is 5.95. The van der Waals surface area contributed by atoms with Gasteiger partial charge in [-0.3, -0.25) is 0 Å². The zero-order chi connectivity index (χ0) is 13.4. The van der Waals surface area contributed by atoms with Gasteiger partial charge in [0, 0.05) is 0 Å². The van der Waals surface area contributed by atoms with Crippen LogP contribution < -0.4 is 5.32 Å². The van der Waals surface area contributed by atoms with Crippen molar-refractivity contribution in [3.05, 3.63) is 35.4 Å². The summed E-state index contributed by atoms with van der Waals surface area (Å²) in [5, 5.41) is 3.50. The Balaban J connectivity index is 2.15. The Morgan fingerprint density at radius 2 is 1.61 bits per heavy atom. The fraction of sp³-hybridized carbons (Fsp3) is 0.647. The Morgan fingerprint density at radius 3 is 2.17 bits per heavy atom. The van der Waals surface area contributed by atoms with Crippen LogP contribution in [0, 0.1) is 5.92 Å². The number of unbranched alkanes of at least 4 members (excludes halogenated alkanes) is 1. The first-order chi connectivity index (χ1) is 8.59. The van der Waals surface area contributed by atoms with Crippen molar-refractivity contribution in [2.75, 3.05) is 13.1 Å². The molecule has 0 saturated carbocycles. The SMILES string of the molecule is CC(C)CNCCCCc1ccc(C(C)C)cc1. The minimum Gasteiger partial charge on any atom is -0.316 e. The molecule has 0 heterocycles. The number of hydrogen-bond donors (Lipinski definition) is 1. The van der Waals surface area contributed by atoms with Crippen molar-refractivity contribution in [1.82, 2.24) is 5.32 Å². The first-order valence-electron chi connectivity index (χ1n) is 7.39. The molecule has 102 valence electrons. The molecular formula is C17H29N. The van der Waals surface area contributed by atoms with Crippen LogP contribution in [0.5, 0.6) is 0 Å². The molecule has 1 rings (SSSR count). The lowest BCUT2D eigenvalue weighted by atomic mass is 10.00. The van der Waals surface area contributed by atoms with Gasteiger partial charge >= 0.3 is 0 Å². The van der Waals surface area contributed by atoms with E-state index in [2.05, 4.69) is 57.3 Å². The molecule has 1 heteroatoms. The molecule has 0 radical (unpaired) electrons. The molecule has 0 amide bonds. The highest BCUT2D eigenvalue weighted by Crippen LogP contribution is 2.15. The zero-order valence-electron chi connectivity index (χ0n) is 12.5. The van der Waals surface area contributed by atoms with Crippen LogP contribution in [-0.2, 0) is 6.42 Å². The van der Waals surface area contributed by atoms with Crippen LogP contribution in [0.15, 0.2) is 24.3 Å². The van der Waals surface area contributed by atoms with Crippen LogP contribution in [-0.4, -0.2) is 13.1 Å². The maximum atomic E-state index is 3.50. The largest absolute Gasteiger partial charge is 0.316 e. The van der Waals surface area contributed by atoms with Gasteiger partial charge in [0.1, 0.15) is 0 Å². The first kappa shape index (κ1) is 15.2. The molecule has 1 nitrogen and oxygen atoms in total. The molecule has 0 aliphatic rings. The average Bonchev–Trinajstić information content (AvgIpc) is 2.34. The van der Waals surface area contributed by atoms with Crippen LogP contribution in [0.1, 0.15) is 57.6 Å². The van der Waals surface area contributed by atoms with Gasteiger partial charge in [-0.15, -0.1) is 0 Å². The Morgan fingerprint density at radius 1 is 0.944 bits per heavy atom. The lowest BCUT2D eigenvalue weighted by Crippen LogP contribution is -2.20. The summed E-state index contributed by atoms with van der Waals surface area (Å²) in [7, 11) is 0. The number of aryl methyl sites for hydroxylation is 1. The maximum absolute atomic E-state index is 3.50. The van der Waals surface area contributed by atoms with Crippen molar-refractivity contribution in [2.24, 2.45) is 5.92 Å². The van der Waals surface area contributed by atoms with Crippen molar-refractivity contribution < 1.29 is 0 Å². The van der Waals surface area contributed by atoms with Crippen molar-refractivity contribution in [3.63, 3.8) is 0 Å². The average molecular weight is 247 g/mol. The quantitative estimate of drug-likeness (QED) is 0.672. The van der Waals surface area contributed by atoms with Gasteiger partial charge in [-0.05, 0) is 55.3 Å². The van der Waals surface area contributed by atoms with Gasteiger partial charge < -0.3 is 5.32 Å². The summed E-state index contributed by atoms with van der Waals surface area (Å²) in [6.45, 7) is 11.3. The van der Waals surface area contributed by atoms with Gasteiger partial charge in [0.2, 0.25) is 0 Å². The third kappa shape index (κ3) is 6.20. The smallest absolute Gasteiger partial charge is 0.00258 e. The van der Waals surface area contributed by atoms with Crippen LogP contribution in [0.4, 0.5) is 0 Å². The standard InChI is InChI=1S/C17H29N/c1-14(2)13-18-12-6-5-7-16-8-10-17(11-9-16)15(3)4/h8-11,14-15,18H,5-7,12-13H2,1-4H3. The van der Waals surface area contributed by atoms with Gasteiger partial charge in [-0.2, -0.15) is 0 Å². The summed E-state index contributed by atoms with van der Waals surface area (Å²) >= 11 is 0. The highest BCUT2D eigenvalue weighted by atomic mass is 14.8. The van der Waals surface area contributed by atoms with Crippen molar-refractivity contribution >= 4 is 0 Å². The van der Waals surface area contributed by atoms with Crippen molar-refractivity contribution in [1.29, 1.82) is 0 Å². The molecule has 0 unspecified atom stereocenters. The summed E-state index contributed by atoms with van der Waals surface area (Å²) in [6.07, 6.45) is 3.77. The number of nitrogens with one attached hydrogen (secondary N) is 1. The van der Waals surface area contributed by atoms with E-state index in [1.807, 2.05) is 0 Å². The number of rotatable bonds is 8. The number of benzene rings is 1. The normalized spacial score (nSPS) is 11.4. The molecule has 0 spiro atoms. The van der Waals surface area contributed by atoms with Crippen LogP contribution in [0.2, 0.25) is 0 Å². The summed E-state index contributed by atoms with van der Waals surface area (Å²) in [5.41, 5.74) is 2.92. The van der Waals surface area contributed by atoms with Gasteiger partial charge in [0.05, 0.1) is 0 Å². The van der Waals surface area contributed by atoms with E-state index in [1.54, 1.807) is 0 Å². The highest BCUT2D eigenvalue weighted by Gasteiger charge is 1.99. The molecule has 0 fully saturated rings. The summed E-state index contributed by atoms with van der Waals surface area (Å²) in [6, 6.07) is 9.13. The molecule has 1 aromatic rings. The molecule has 18 heavy (non-hydrogen) atoms. The molecule has 0 aliphatic carbocycles. The molecule has 0 atom stereocenters. The fourth-order valence-electron chi connectivity index (χ4n) is 2.04. The molecule has 0 aromatic heterocycles. The van der Waals surface area contributed by atoms with Crippen molar-refractivity contribution in [2.45, 2.75) is 52.9 Å². The second kappa shape index (κ2) is 8.31. The van der Waals surface area contributed by atoms with E-state index in [4.69, 9.17) is 0 Å². The Kier molecular flexibility index (Phi) is 7.04. The second-order valence-corrected chi connectivity index (χ2v) is 5.95. The lowest BCUT2D eigenvalue weighted by Gasteiger charge is -2.08. The number of hydrogen-bond acceptors (Lipinski definition) is 1. The van der Waals surface area contributed by atoms with Gasteiger partial charge in [-0.1, -0.05) is 52.0 Å². The molecule has 1 N–H and O–H groups in total. The van der Waals surface area contributed by atoms with Crippen molar-refractivity contribution in [3.8, 4) is 0 Å². The Bertz CT molecular complexity index is 311. The third-order valence-electron chi connectivity index (χ3n) is 3.27. The van der Waals surface area contributed by atoms with Crippen LogP contribution in [0.25, 0.3) is 0 Å². The third-order valence-corrected chi connectivity index (χ3v) is 3.27. The van der Waals surface area contributed by atoms with Crippen LogP contribution in [0.3, 0.4) is 0 Å². The first-order valence-corrected chi connectivity index (χ1v) is 7.39. The monoisotopic (exact) mass is 247 g/mol. The molecule has 0 saturated heterocycles. The van der Waals surface area contributed by atoms with E-state index in [1.165, 1.54) is 30.4 Å². The van der Waals surface area contributed by atoms with E-state index < -0.39 is 0 Å². The topological polar surface area (TPSA) is 12.0 Å². The highest BCUT2D eigenvalue weighted by molar-refractivity contribution is 5.24. The Hall–Kier alpha value is -0.820. The maximum Gasteiger partial charge on any atom is -0.00258 e. The summed E-state index contributed by atoms with van der Waals surface area (Å²) < 4.78 is 0. The molecule has 0 bridgehead atoms. The predicted octanol–water partition coefficient (Wildman–Crippen LogP) is 4.38. The van der Waals surface area contributed by atoms with Gasteiger partial charge in [0.25, 0.3) is 0 Å². The van der Waals surface area contributed by atoms with Crippen LogP contribution >= 0.6 is 0 Å². The van der Waals surface area contributed by atoms with E-state index in [0.717, 1.165) is 19.0 Å². The fourth-order valence-corrected chi connectivity index (χ4v) is 2.04. The van der Waals surface area contributed by atoms with Gasteiger partial charge in [-0.25, -0.2) is 0 Å².